The Labute approximate surface area is 128 Å². The van der Waals surface area contributed by atoms with E-state index in [4.69, 9.17) is 9.47 Å². The number of cyclic esters (lactones) is 1. The summed E-state index contributed by atoms with van der Waals surface area (Å²) in [7, 11) is 1.27. The minimum atomic E-state index is -1.02. The first-order valence-corrected chi connectivity index (χ1v) is 7.00. The largest absolute Gasteiger partial charge is 0.469 e. The molecule has 1 heterocycles. The van der Waals surface area contributed by atoms with Crippen LogP contribution in [0, 0.1) is 11.8 Å². The van der Waals surface area contributed by atoms with Crippen LogP contribution in [0.4, 0.5) is 0 Å². The van der Waals surface area contributed by atoms with E-state index in [-0.39, 0.29) is 0 Å². The highest BCUT2D eigenvalue weighted by molar-refractivity contribution is 5.92. The first-order chi connectivity index (χ1) is 10.5. The smallest absolute Gasteiger partial charge is 0.348 e. The van der Waals surface area contributed by atoms with Gasteiger partial charge in [0.2, 0.25) is 6.10 Å². The minimum absolute atomic E-state index is 0.354. The second-order valence-electron chi connectivity index (χ2n) is 5.26. The summed E-state index contributed by atoms with van der Waals surface area (Å²) in [5, 5.41) is 0. The van der Waals surface area contributed by atoms with Crippen molar-refractivity contribution in [2.75, 3.05) is 7.11 Å². The van der Waals surface area contributed by atoms with Gasteiger partial charge in [0.15, 0.2) is 0 Å². The van der Waals surface area contributed by atoms with Crippen molar-refractivity contribution in [1.82, 2.24) is 0 Å². The Morgan fingerprint density at radius 2 is 1.86 bits per heavy atom. The SMILES string of the molecule is COC(=O)[C@H](C)[C@@H]1OC(=O)[C@@H](OC(=O)c2ccccc2)[C@H]1C. The Balaban J connectivity index is 2.08. The van der Waals surface area contributed by atoms with Crippen molar-refractivity contribution in [1.29, 1.82) is 0 Å². The lowest BCUT2D eigenvalue weighted by atomic mass is 9.91. The molecule has 0 amide bonds. The number of benzene rings is 1. The number of carbonyl (C=O) groups excluding carboxylic acids is 3. The van der Waals surface area contributed by atoms with Crippen molar-refractivity contribution in [3.8, 4) is 0 Å². The Bertz CT molecular complexity index is 567. The summed E-state index contributed by atoms with van der Waals surface area (Å²) in [5.41, 5.74) is 0.354. The topological polar surface area (TPSA) is 78.9 Å². The predicted octanol–water partition coefficient (Wildman–Crippen LogP) is 1.58. The molecule has 0 saturated carbocycles. The second kappa shape index (κ2) is 6.60. The van der Waals surface area contributed by atoms with Crippen LogP contribution in [-0.2, 0) is 23.8 Å². The standard InChI is InChI=1S/C16H18O6/c1-9-12(10(2)14(17)20-3)21-16(19)13(9)22-15(18)11-7-5-4-6-8-11/h4-10,12-13H,1-3H3/t9-,10+,12+,13-/m0/s1. The number of carbonyl (C=O) groups is 3. The predicted molar refractivity (Wildman–Crippen MR) is 75.9 cm³/mol. The van der Waals surface area contributed by atoms with Crippen LogP contribution in [0.2, 0.25) is 0 Å². The minimum Gasteiger partial charge on any atom is -0.469 e. The maximum atomic E-state index is 12.0. The molecule has 22 heavy (non-hydrogen) atoms. The van der Waals surface area contributed by atoms with Crippen molar-refractivity contribution in [3.05, 3.63) is 35.9 Å². The van der Waals surface area contributed by atoms with E-state index in [9.17, 15) is 14.4 Å². The van der Waals surface area contributed by atoms with E-state index in [1.54, 1.807) is 44.2 Å². The van der Waals surface area contributed by atoms with Crippen LogP contribution < -0.4 is 0 Å². The summed E-state index contributed by atoms with van der Waals surface area (Å²) >= 11 is 0. The molecule has 0 spiro atoms. The van der Waals surface area contributed by atoms with Gasteiger partial charge in [0.05, 0.1) is 18.6 Å². The van der Waals surface area contributed by atoms with Crippen LogP contribution in [0.15, 0.2) is 30.3 Å². The molecule has 2 rings (SSSR count). The summed E-state index contributed by atoms with van der Waals surface area (Å²) in [5.74, 6) is -2.77. The molecule has 1 saturated heterocycles. The van der Waals surface area contributed by atoms with E-state index in [2.05, 4.69) is 4.74 Å². The monoisotopic (exact) mass is 306 g/mol. The van der Waals surface area contributed by atoms with Gasteiger partial charge in [-0.2, -0.15) is 0 Å². The van der Waals surface area contributed by atoms with Crippen LogP contribution in [-0.4, -0.2) is 37.2 Å². The molecule has 4 atom stereocenters. The molecule has 0 unspecified atom stereocenters. The molecule has 6 nitrogen and oxygen atoms in total. The third kappa shape index (κ3) is 3.10. The van der Waals surface area contributed by atoms with Gasteiger partial charge in [-0.15, -0.1) is 0 Å². The molecule has 1 aliphatic heterocycles. The lowest BCUT2D eigenvalue weighted by Crippen LogP contribution is -2.34. The highest BCUT2D eigenvalue weighted by Crippen LogP contribution is 2.31. The fourth-order valence-electron chi connectivity index (χ4n) is 2.49. The zero-order valence-corrected chi connectivity index (χ0v) is 12.6. The van der Waals surface area contributed by atoms with Gasteiger partial charge >= 0.3 is 17.9 Å². The number of hydrogen-bond acceptors (Lipinski definition) is 6. The van der Waals surface area contributed by atoms with Gasteiger partial charge in [-0.1, -0.05) is 25.1 Å². The van der Waals surface area contributed by atoms with Crippen molar-refractivity contribution in [2.24, 2.45) is 11.8 Å². The van der Waals surface area contributed by atoms with Gasteiger partial charge < -0.3 is 14.2 Å². The molecule has 6 heteroatoms. The average Bonchev–Trinajstić information content (AvgIpc) is 2.82. The van der Waals surface area contributed by atoms with E-state index in [1.807, 2.05) is 0 Å². The second-order valence-corrected chi connectivity index (χ2v) is 5.26. The van der Waals surface area contributed by atoms with Gasteiger partial charge in [0.25, 0.3) is 0 Å². The lowest BCUT2D eigenvalue weighted by molar-refractivity contribution is -0.155. The summed E-state index contributed by atoms with van der Waals surface area (Å²) in [4.78, 5) is 35.5. The fourth-order valence-corrected chi connectivity index (χ4v) is 2.49. The average molecular weight is 306 g/mol. The van der Waals surface area contributed by atoms with Crippen LogP contribution in [0.1, 0.15) is 24.2 Å². The summed E-state index contributed by atoms with van der Waals surface area (Å²) < 4.78 is 15.1. The van der Waals surface area contributed by atoms with Gasteiger partial charge in [0.1, 0.15) is 6.10 Å². The van der Waals surface area contributed by atoms with Crippen molar-refractivity contribution < 1.29 is 28.6 Å². The van der Waals surface area contributed by atoms with Crippen molar-refractivity contribution >= 4 is 17.9 Å². The Morgan fingerprint density at radius 3 is 2.45 bits per heavy atom. The molecular formula is C16H18O6. The molecule has 118 valence electrons. The highest BCUT2D eigenvalue weighted by Gasteiger charge is 2.48. The van der Waals surface area contributed by atoms with E-state index in [1.165, 1.54) is 7.11 Å². The van der Waals surface area contributed by atoms with E-state index < -0.39 is 42.0 Å². The van der Waals surface area contributed by atoms with Crippen molar-refractivity contribution in [3.63, 3.8) is 0 Å². The van der Waals surface area contributed by atoms with Crippen molar-refractivity contribution in [2.45, 2.75) is 26.1 Å². The fraction of sp³-hybridized carbons (Fsp3) is 0.438. The normalized spacial score (nSPS) is 25.2. The molecular weight excluding hydrogens is 288 g/mol. The summed E-state index contributed by atoms with van der Waals surface area (Å²) in [6, 6.07) is 8.38. The molecule has 1 aromatic rings. The third-order valence-electron chi connectivity index (χ3n) is 3.79. The Kier molecular flexibility index (Phi) is 4.80. The molecule has 1 aromatic carbocycles. The lowest BCUT2D eigenvalue weighted by Gasteiger charge is -2.20. The highest BCUT2D eigenvalue weighted by atomic mass is 16.6. The van der Waals surface area contributed by atoms with Gasteiger partial charge in [-0.25, -0.2) is 9.59 Å². The first kappa shape index (κ1) is 16.0. The Morgan fingerprint density at radius 1 is 1.23 bits per heavy atom. The molecule has 0 aliphatic carbocycles. The molecule has 0 N–H and O–H groups in total. The number of ether oxygens (including phenoxy) is 3. The first-order valence-electron chi connectivity index (χ1n) is 7.00. The molecule has 1 fully saturated rings. The summed E-state index contributed by atoms with van der Waals surface area (Å²) in [6.45, 7) is 3.32. The Hall–Kier alpha value is -2.37. The number of hydrogen-bond donors (Lipinski definition) is 0. The molecule has 0 radical (unpaired) electrons. The van der Waals surface area contributed by atoms with Crippen LogP contribution in [0.5, 0.6) is 0 Å². The summed E-state index contributed by atoms with van der Waals surface area (Å²) in [6.07, 6.45) is -1.70. The van der Waals surface area contributed by atoms with Crippen LogP contribution in [0.3, 0.4) is 0 Å². The molecule has 0 aromatic heterocycles. The van der Waals surface area contributed by atoms with Crippen LogP contribution in [0.25, 0.3) is 0 Å². The van der Waals surface area contributed by atoms with Gasteiger partial charge in [0, 0.05) is 5.92 Å². The molecule has 1 aliphatic rings. The van der Waals surface area contributed by atoms with E-state index in [0.717, 1.165) is 0 Å². The van der Waals surface area contributed by atoms with Gasteiger partial charge in [-0.3, -0.25) is 4.79 Å². The maximum absolute atomic E-state index is 12.0. The maximum Gasteiger partial charge on any atom is 0.348 e. The van der Waals surface area contributed by atoms with Gasteiger partial charge in [-0.05, 0) is 19.1 Å². The van der Waals surface area contributed by atoms with Crippen LogP contribution >= 0.6 is 0 Å². The number of esters is 3. The number of rotatable bonds is 4. The number of methoxy groups -OCH3 is 1. The zero-order valence-electron chi connectivity index (χ0n) is 12.6. The quantitative estimate of drug-likeness (QED) is 0.621. The van der Waals surface area contributed by atoms with E-state index in [0.29, 0.717) is 5.56 Å². The van der Waals surface area contributed by atoms with E-state index >= 15 is 0 Å². The molecule has 0 bridgehead atoms. The third-order valence-corrected chi connectivity index (χ3v) is 3.79. The zero-order chi connectivity index (χ0) is 16.3.